The molecule has 37 heavy (non-hydrogen) atoms. The molecule has 0 radical (unpaired) electrons. The van der Waals surface area contributed by atoms with Gasteiger partial charge in [-0.2, -0.15) is 5.10 Å². The average Bonchev–Trinajstić information content (AvgIpc) is 3.51. The molecular formula is C26H39Cl2N6O3+. The van der Waals surface area contributed by atoms with E-state index in [0.29, 0.717) is 42.4 Å². The van der Waals surface area contributed by atoms with Gasteiger partial charge in [-0.1, -0.05) is 11.6 Å². The zero-order valence-electron chi connectivity index (χ0n) is 22.7. The molecular weight excluding hydrogens is 515 g/mol. The number of hydrogen-bond acceptors (Lipinski definition) is 5. The molecule has 4 rings (SSSR count). The van der Waals surface area contributed by atoms with Gasteiger partial charge in [0.05, 0.1) is 45.3 Å². The molecule has 0 spiro atoms. The molecule has 0 bridgehead atoms. The maximum atomic E-state index is 13.0. The maximum Gasteiger partial charge on any atom is 0.322 e. The molecule has 1 aromatic carbocycles. The number of likely N-dealkylation sites (N-methyl/N-ethyl adjacent to an activating group) is 1. The summed E-state index contributed by atoms with van der Waals surface area (Å²) in [5, 5.41) is 7.31. The Kier molecular flexibility index (Phi) is 9.86. The molecule has 1 fully saturated rings. The number of piperidine rings is 1. The van der Waals surface area contributed by atoms with Crippen molar-refractivity contribution in [1.29, 1.82) is 0 Å². The number of likely N-dealkylation sites (tertiary alicyclic amines) is 1. The topological polar surface area (TPSA) is 81.0 Å². The summed E-state index contributed by atoms with van der Waals surface area (Å²) in [6.07, 6.45) is 7.34. The first-order valence-electron chi connectivity index (χ1n) is 12.4. The number of aromatic nitrogens is 2. The normalized spacial score (nSPS) is 16.4. The summed E-state index contributed by atoms with van der Waals surface area (Å²) in [6, 6.07) is 4.36. The van der Waals surface area contributed by atoms with E-state index < -0.39 is 0 Å². The first-order valence-corrected chi connectivity index (χ1v) is 13.6. The van der Waals surface area contributed by atoms with Crippen molar-refractivity contribution in [2.45, 2.75) is 31.8 Å². The third-order valence-electron chi connectivity index (χ3n) is 6.90. The highest BCUT2D eigenvalue weighted by atomic mass is 35.5. The SMILES string of the molecule is CCl.COc1ccc(-c2cnn(C)c2)c2c1CC(NC(=O)N1CCC(C)(OCC[N+](C)(C)CCl)CC1)=N2. The van der Waals surface area contributed by atoms with E-state index in [9.17, 15) is 4.79 Å². The molecule has 0 saturated carbocycles. The van der Waals surface area contributed by atoms with Crippen LogP contribution in [0, 0.1) is 0 Å². The van der Waals surface area contributed by atoms with Gasteiger partial charge in [0, 0.05) is 55.8 Å². The number of quaternary nitrogens is 1. The van der Waals surface area contributed by atoms with Crippen molar-refractivity contribution in [2.24, 2.45) is 12.0 Å². The number of amides is 2. The largest absolute Gasteiger partial charge is 0.496 e. The zero-order chi connectivity index (χ0) is 27.2. The van der Waals surface area contributed by atoms with Gasteiger partial charge in [0.1, 0.15) is 18.1 Å². The van der Waals surface area contributed by atoms with Crippen LogP contribution in [0.25, 0.3) is 11.1 Å². The molecule has 1 aromatic heterocycles. The predicted molar refractivity (Wildman–Crippen MR) is 149 cm³/mol. The average molecular weight is 555 g/mol. The Balaban J connectivity index is 0.00000186. The highest BCUT2D eigenvalue weighted by Crippen LogP contribution is 2.42. The van der Waals surface area contributed by atoms with Gasteiger partial charge >= 0.3 is 6.03 Å². The minimum absolute atomic E-state index is 0.125. The number of nitrogens with zero attached hydrogens (tertiary/aromatic N) is 5. The maximum absolute atomic E-state index is 13.0. The van der Waals surface area contributed by atoms with E-state index in [-0.39, 0.29) is 11.6 Å². The summed E-state index contributed by atoms with van der Waals surface area (Å²) < 4.78 is 14.3. The number of fused-ring (bicyclic) bond motifs is 1. The van der Waals surface area contributed by atoms with Crippen molar-refractivity contribution in [2.75, 3.05) is 59.8 Å². The Labute approximate surface area is 229 Å². The molecule has 2 aliphatic heterocycles. The fourth-order valence-corrected chi connectivity index (χ4v) is 4.56. The second-order valence-electron chi connectivity index (χ2n) is 10.3. The lowest BCUT2D eigenvalue weighted by molar-refractivity contribution is -0.879. The Morgan fingerprint density at radius 2 is 1.95 bits per heavy atom. The van der Waals surface area contributed by atoms with Crippen LogP contribution >= 0.6 is 23.2 Å². The predicted octanol–water partition coefficient (Wildman–Crippen LogP) is 4.39. The summed E-state index contributed by atoms with van der Waals surface area (Å²) in [5.74, 6) is 1.40. The van der Waals surface area contributed by atoms with Crippen LogP contribution in [0.5, 0.6) is 5.75 Å². The third kappa shape index (κ3) is 7.16. The van der Waals surface area contributed by atoms with Gasteiger partial charge < -0.3 is 18.9 Å². The summed E-state index contributed by atoms with van der Waals surface area (Å²) in [7, 11) is 7.71. The van der Waals surface area contributed by atoms with Crippen LogP contribution in [0.3, 0.4) is 0 Å². The summed E-state index contributed by atoms with van der Waals surface area (Å²) in [5.41, 5.74) is 3.52. The number of hydrogen-bond donors (Lipinski definition) is 1. The summed E-state index contributed by atoms with van der Waals surface area (Å²) in [4.78, 5) is 19.7. The number of rotatable bonds is 7. The molecule has 2 aliphatic rings. The molecule has 11 heteroatoms. The Bertz CT molecular complexity index is 1110. The number of carbonyl (C=O) groups excluding carboxylic acids is 1. The van der Waals surface area contributed by atoms with Gasteiger partial charge in [-0.3, -0.25) is 10.00 Å². The van der Waals surface area contributed by atoms with E-state index in [1.807, 2.05) is 36.5 Å². The number of aryl methyl sites for hydroxylation is 1. The van der Waals surface area contributed by atoms with E-state index >= 15 is 0 Å². The quantitative estimate of drug-likeness (QED) is 0.313. The number of urea groups is 1. The fourth-order valence-electron chi connectivity index (χ4n) is 4.44. The number of nitrogens with one attached hydrogen (secondary N) is 1. The number of methoxy groups -OCH3 is 1. The van der Waals surface area contributed by atoms with Crippen LogP contribution in [-0.2, 0) is 18.2 Å². The van der Waals surface area contributed by atoms with E-state index in [1.165, 1.54) is 6.38 Å². The number of carbonyl (C=O) groups is 1. The Morgan fingerprint density at radius 1 is 1.24 bits per heavy atom. The minimum atomic E-state index is -0.226. The molecule has 204 valence electrons. The Morgan fingerprint density at radius 3 is 2.54 bits per heavy atom. The number of alkyl halides is 2. The van der Waals surface area contributed by atoms with Crippen molar-refractivity contribution in [1.82, 2.24) is 20.0 Å². The number of amidine groups is 1. The van der Waals surface area contributed by atoms with Gasteiger partial charge in [-0.25, -0.2) is 9.79 Å². The number of aliphatic imine (C=N–C) groups is 1. The van der Waals surface area contributed by atoms with Crippen molar-refractivity contribution >= 4 is 40.8 Å². The third-order valence-corrected chi connectivity index (χ3v) is 7.54. The zero-order valence-corrected chi connectivity index (χ0v) is 24.2. The lowest BCUT2D eigenvalue weighted by atomic mass is 9.93. The van der Waals surface area contributed by atoms with Crippen LogP contribution in [0.4, 0.5) is 10.5 Å². The Hall–Kier alpha value is -2.33. The van der Waals surface area contributed by atoms with Crippen LogP contribution in [-0.4, -0.2) is 96.5 Å². The van der Waals surface area contributed by atoms with Crippen LogP contribution in [0.2, 0.25) is 0 Å². The van der Waals surface area contributed by atoms with Crippen molar-refractivity contribution in [3.05, 3.63) is 30.1 Å². The number of halogens is 2. The second kappa shape index (κ2) is 12.5. The molecule has 0 aliphatic carbocycles. The van der Waals surface area contributed by atoms with Crippen LogP contribution < -0.4 is 10.1 Å². The molecule has 2 aromatic rings. The van der Waals surface area contributed by atoms with Crippen LogP contribution in [0.15, 0.2) is 29.5 Å². The van der Waals surface area contributed by atoms with Crippen molar-refractivity contribution < 1.29 is 18.8 Å². The lowest BCUT2D eigenvalue weighted by Gasteiger charge is -2.39. The van der Waals surface area contributed by atoms with E-state index in [4.69, 9.17) is 26.1 Å². The van der Waals surface area contributed by atoms with Gasteiger partial charge in [-0.15, -0.1) is 11.6 Å². The fraction of sp³-hybridized carbons (Fsp3) is 0.577. The van der Waals surface area contributed by atoms with E-state index in [2.05, 4.69) is 43.0 Å². The molecule has 1 N–H and O–H groups in total. The standard InChI is InChI=1S/C25H35ClN6O3.CH3Cl/c1-25(35-13-12-32(3,4)17-26)8-10-31(11-9-25)24(33)29-22-14-20-21(34-5)7-6-19(23(20)28-22)18-15-27-30(2)16-18;1-2/h6-7,15-16H,8-14,17H2,1-5H3;1H3/p+1. The van der Waals surface area contributed by atoms with Gasteiger partial charge in [0.15, 0.2) is 6.00 Å². The monoisotopic (exact) mass is 553 g/mol. The van der Waals surface area contributed by atoms with E-state index in [1.54, 1.807) is 11.8 Å². The highest BCUT2D eigenvalue weighted by molar-refractivity contribution is 6.17. The summed E-state index contributed by atoms with van der Waals surface area (Å²) >= 11 is 10.6. The molecule has 9 nitrogen and oxygen atoms in total. The second-order valence-corrected chi connectivity index (χ2v) is 10.5. The first-order chi connectivity index (χ1) is 17.6. The molecule has 3 heterocycles. The van der Waals surface area contributed by atoms with Crippen LogP contribution in [0.1, 0.15) is 25.3 Å². The van der Waals surface area contributed by atoms with Crippen molar-refractivity contribution in [3.63, 3.8) is 0 Å². The first kappa shape index (κ1) is 29.2. The highest BCUT2D eigenvalue weighted by Gasteiger charge is 2.34. The minimum Gasteiger partial charge on any atom is -0.496 e. The van der Waals surface area contributed by atoms with Gasteiger partial charge in [0.2, 0.25) is 0 Å². The van der Waals surface area contributed by atoms with Gasteiger partial charge in [-0.05, 0) is 31.9 Å². The number of benzene rings is 1. The number of ether oxygens (including phenoxy) is 2. The molecule has 0 unspecified atom stereocenters. The summed E-state index contributed by atoms with van der Waals surface area (Å²) in [6.45, 7) is 4.92. The molecule has 0 atom stereocenters. The molecule has 2 amide bonds. The smallest absolute Gasteiger partial charge is 0.322 e. The van der Waals surface area contributed by atoms with Crippen molar-refractivity contribution in [3.8, 4) is 16.9 Å². The van der Waals surface area contributed by atoms with E-state index in [0.717, 1.165) is 47.5 Å². The lowest BCUT2D eigenvalue weighted by Crippen LogP contribution is -2.51. The molecule has 1 saturated heterocycles. The van der Waals surface area contributed by atoms with Gasteiger partial charge in [0.25, 0.3) is 0 Å².